The normalized spacial score (nSPS) is 14.0. The molecule has 0 amide bonds. The van der Waals surface area contributed by atoms with Gasteiger partial charge in [-0.05, 0) is 36.5 Å². The van der Waals surface area contributed by atoms with Crippen molar-refractivity contribution < 1.29 is 0 Å². The van der Waals surface area contributed by atoms with Crippen LogP contribution in [-0.2, 0) is 6.54 Å². The molecule has 108 valence electrons. The molecule has 0 radical (unpaired) electrons. The van der Waals surface area contributed by atoms with E-state index in [4.69, 9.17) is 5.73 Å². The van der Waals surface area contributed by atoms with Gasteiger partial charge in [-0.1, -0.05) is 28.1 Å². The third-order valence-corrected chi connectivity index (χ3v) is 5.44. The summed E-state index contributed by atoms with van der Waals surface area (Å²) in [5, 5.41) is 10.4. The molecule has 0 saturated heterocycles. The third kappa shape index (κ3) is 2.92. The van der Waals surface area contributed by atoms with Gasteiger partial charge >= 0.3 is 0 Å². The Bertz CT molecular complexity index is 713. The van der Waals surface area contributed by atoms with Crippen molar-refractivity contribution in [3.8, 4) is 6.07 Å². The molecule has 0 aliphatic heterocycles. The van der Waals surface area contributed by atoms with Crippen LogP contribution in [0.25, 0.3) is 0 Å². The highest BCUT2D eigenvalue weighted by atomic mass is 79.9. The molecule has 1 fully saturated rings. The first-order valence-electron chi connectivity index (χ1n) is 6.88. The number of rotatable bonds is 4. The Kier molecular flexibility index (Phi) is 3.92. The summed E-state index contributed by atoms with van der Waals surface area (Å²) in [4.78, 5) is 2.85. The van der Waals surface area contributed by atoms with E-state index in [0.717, 1.165) is 16.0 Å². The van der Waals surface area contributed by atoms with E-state index in [1.165, 1.54) is 35.3 Å². The van der Waals surface area contributed by atoms with Gasteiger partial charge in [0.2, 0.25) is 0 Å². The molecule has 0 bridgehead atoms. The summed E-state index contributed by atoms with van der Waals surface area (Å²) < 4.78 is 1.08. The molecule has 1 aromatic heterocycles. The summed E-state index contributed by atoms with van der Waals surface area (Å²) in [7, 11) is 2.07. The van der Waals surface area contributed by atoms with Crippen LogP contribution in [0.3, 0.4) is 0 Å². The molecule has 0 spiro atoms. The van der Waals surface area contributed by atoms with E-state index in [0.29, 0.717) is 16.5 Å². The molecule has 1 aliphatic carbocycles. The number of hydrogen-bond donors (Lipinski definition) is 1. The highest BCUT2D eigenvalue weighted by Crippen LogP contribution is 2.51. The molecule has 21 heavy (non-hydrogen) atoms. The Morgan fingerprint density at radius 2 is 2.24 bits per heavy atom. The third-order valence-electron chi connectivity index (χ3n) is 3.71. The maximum Gasteiger partial charge on any atom is 0.130 e. The van der Waals surface area contributed by atoms with Crippen LogP contribution in [0.1, 0.15) is 34.8 Å². The Balaban J connectivity index is 1.91. The van der Waals surface area contributed by atoms with Crippen molar-refractivity contribution in [2.24, 2.45) is 0 Å². The van der Waals surface area contributed by atoms with Crippen molar-refractivity contribution in [2.45, 2.75) is 25.3 Å². The van der Waals surface area contributed by atoms with Gasteiger partial charge in [0.25, 0.3) is 0 Å². The minimum Gasteiger partial charge on any atom is -0.397 e. The molecule has 3 rings (SSSR count). The van der Waals surface area contributed by atoms with Gasteiger partial charge in [-0.25, -0.2) is 0 Å². The van der Waals surface area contributed by atoms with Crippen molar-refractivity contribution in [1.29, 1.82) is 5.26 Å². The van der Waals surface area contributed by atoms with Crippen molar-refractivity contribution >= 4 is 38.0 Å². The summed E-state index contributed by atoms with van der Waals surface area (Å²) >= 11 is 5.02. The second-order valence-corrected chi connectivity index (χ2v) is 7.35. The van der Waals surface area contributed by atoms with Crippen LogP contribution in [0.4, 0.5) is 10.7 Å². The highest BCUT2D eigenvalue weighted by Gasteiger charge is 2.32. The summed E-state index contributed by atoms with van der Waals surface area (Å²) in [6, 6.07) is 10.5. The van der Waals surface area contributed by atoms with Crippen molar-refractivity contribution in [3.05, 3.63) is 44.7 Å². The minimum absolute atomic E-state index is 0.545. The van der Waals surface area contributed by atoms with Gasteiger partial charge < -0.3 is 10.6 Å². The number of nitriles is 1. The standard InChI is InChI=1S/C16H16BrN3S/c1-20(9-10-3-2-4-12(17)7-10)16-14(11-5-6-11)15(19)13(8-18)21-16/h2-4,7,11H,5-6,9,19H2,1H3. The molecular formula is C16H16BrN3S. The zero-order valence-electron chi connectivity index (χ0n) is 11.8. The predicted molar refractivity (Wildman–Crippen MR) is 91.7 cm³/mol. The van der Waals surface area contributed by atoms with Crippen molar-refractivity contribution in [3.63, 3.8) is 0 Å². The lowest BCUT2D eigenvalue weighted by Gasteiger charge is -2.19. The lowest BCUT2D eigenvalue weighted by atomic mass is 10.1. The first-order chi connectivity index (χ1) is 10.1. The first kappa shape index (κ1) is 14.4. The number of halogens is 1. The number of nitrogens with zero attached hydrogens (tertiary/aromatic N) is 2. The van der Waals surface area contributed by atoms with E-state index >= 15 is 0 Å². The molecule has 1 heterocycles. The van der Waals surface area contributed by atoms with Gasteiger partial charge in [0.15, 0.2) is 0 Å². The van der Waals surface area contributed by atoms with Gasteiger partial charge in [0.05, 0.1) is 10.7 Å². The number of anilines is 2. The molecule has 1 aromatic carbocycles. The number of thiophene rings is 1. The van der Waals surface area contributed by atoms with E-state index in [1.54, 1.807) is 0 Å². The second-order valence-electron chi connectivity index (χ2n) is 5.44. The maximum absolute atomic E-state index is 9.22. The average Bonchev–Trinajstić information content (AvgIpc) is 3.22. The zero-order chi connectivity index (χ0) is 15.0. The van der Waals surface area contributed by atoms with Gasteiger partial charge in [-0.15, -0.1) is 11.3 Å². The molecule has 3 nitrogen and oxygen atoms in total. The quantitative estimate of drug-likeness (QED) is 0.873. The minimum atomic E-state index is 0.545. The summed E-state index contributed by atoms with van der Waals surface area (Å²) in [5.41, 5.74) is 9.28. The summed E-state index contributed by atoms with van der Waals surface area (Å²) in [6.07, 6.45) is 2.37. The predicted octanol–water partition coefficient (Wildman–Crippen LogP) is 4.48. The van der Waals surface area contributed by atoms with Crippen LogP contribution in [0, 0.1) is 11.3 Å². The van der Waals surface area contributed by atoms with Crippen molar-refractivity contribution in [1.82, 2.24) is 0 Å². The van der Waals surface area contributed by atoms with E-state index < -0.39 is 0 Å². The van der Waals surface area contributed by atoms with Gasteiger partial charge in [0.1, 0.15) is 10.9 Å². The summed E-state index contributed by atoms with van der Waals surface area (Å²) in [5.74, 6) is 0.545. The molecule has 2 aromatic rings. The van der Waals surface area contributed by atoms with Crippen molar-refractivity contribution in [2.75, 3.05) is 17.7 Å². The Morgan fingerprint density at radius 1 is 1.48 bits per heavy atom. The molecular weight excluding hydrogens is 346 g/mol. The van der Waals surface area contributed by atoms with Crippen LogP contribution >= 0.6 is 27.3 Å². The molecule has 0 atom stereocenters. The monoisotopic (exact) mass is 361 g/mol. The number of nitrogens with two attached hydrogens (primary N) is 1. The lowest BCUT2D eigenvalue weighted by Crippen LogP contribution is -2.16. The lowest BCUT2D eigenvalue weighted by molar-refractivity contribution is 0.921. The van der Waals surface area contributed by atoms with Gasteiger partial charge in [-0.3, -0.25) is 0 Å². The van der Waals surface area contributed by atoms with E-state index in [2.05, 4.69) is 46.1 Å². The van der Waals surface area contributed by atoms with Crippen LogP contribution in [-0.4, -0.2) is 7.05 Å². The second kappa shape index (κ2) is 5.70. The summed E-state index contributed by atoms with van der Waals surface area (Å²) in [6.45, 7) is 0.810. The highest BCUT2D eigenvalue weighted by molar-refractivity contribution is 9.10. The smallest absolute Gasteiger partial charge is 0.130 e. The van der Waals surface area contributed by atoms with Crippen LogP contribution < -0.4 is 10.6 Å². The maximum atomic E-state index is 9.22. The Labute approximate surface area is 137 Å². The fourth-order valence-electron chi connectivity index (χ4n) is 2.56. The molecule has 5 heteroatoms. The number of benzene rings is 1. The molecule has 1 saturated carbocycles. The SMILES string of the molecule is CN(Cc1cccc(Br)c1)c1sc(C#N)c(N)c1C1CC1. The average molecular weight is 362 g/mol. The molecule has 0 unspecified atom stereocenters. The number of nitrogen functional groups attached to an aromatic ring is 1. The van der Waals surface area contributed by atoms with Gasteiger partial charge in [-0.2, -0.15) is 5.26 Å². The molecule has 1 aliphatic rings. The van der Waals surface area contributed by atoms with Crippen LogP contribution in [0.15, 0.2) is 28.7 Å². The number of hydrogen-bond acceptors (Lipinski definition) is 4. The van der Waals surface area contributed by atoms with Gasteiger partial charge in [0, 0.05) is 23.6 Å². The van der Waals surface area contributed by atoms with Crippen LogP contribution in [0.2, 0.25) is 0 Å². The topological polar surface area (TPSA) is 53.0 Å². The van der Waals surface area contributed by atoms with E-state index in [1.807, 2.05) is 12.1 Å². The Hall–Kier alpha value is -1.51. The van der Waals surface area contributed by atoms with Crippen LogP contribution in [0.5, 0.6) is 0 Å². The largest absolute Gasteiger partial charge is 0.397 e. The fraction of sp³-hybridized carbons (Fsp3) is 0.312. The first-order valence-corrected chi connectivity index (χ1v) is 8.49. The Morgan fingerprint density at radius 3 is 2.86 bits per heavy atom. The van der Waals surface area contributed by atoms with E-state index in [9.17, 15) is 5.26 Å². The zero-order valence-corrected chi connectivity index (χ0v) is 14.2. The fourth-order valence-corrected chi connectivity index (χ4v) is 4.07. The molecule has 2 N–H and O–H groups in total. The van der Waals surface area contributed by atoms with E-state index in [-0.39, 0.29) is 0 Å².